The highest BCUT2D eigenvalue weighted by Crippen LogP contribution is 2.17. The van der Waals surface area contributed by atoms with Crippen molar-refractivity contribution >= 4 is 17.3 Å². The van der Waals surface area contributed by atoms with Gasteiger partial charge in [-0.3, -0.25) is 4.79 Å². The summed E-state index contributed by atoms with van der Waals surface area (Å²) < 4.78 is 0. The van der Waals surface area contributed by atoms with Crippen LogP contribution in [0, 0.1) is 6.92 Å². The van der Waals surface area contributed by atoms with Crippen molar-refractivity contribution < 1.29 is 4.79 Å². The fourth-order valence-electron chi connectivity index (χ4n) is 1.73. The number of rotatable bonds is 3. The van der Waals surface area contributed by atoms with Crippen LogP contribution in [0.3, 0.4) is 0 Å². The van der Waals surface area contributed by atoms with E-state index in [1.165, 1.54) is 0 Å². The van der Waals surface area contributed by atoms with Gasteiger partial charge < -0.3 is 10.2 Å². The lowest BCUT2D eigenvalue weighted by molar-refractivity contribution is 0.102. The summed E-state index contributed by atoms with van der Waals surface area (Å²) in [6.45, 7) is 1.86. The zero-order valence-corrected chi connectivity index (χ0v) is 11.3. The van der Waals surface area contributed by atoms with E-state index in [4.69, 9.17) is 0 Å². The largest absolute Gasteiger partial charge is 0.378 e. The second kappa shape index (κ2) is 5.52. The molecule has 19 heavy (non-hydrogen) atoms. The van der Waals surface area contributed by atoms with Crippen LogP contribution in [-0.4, -0.2) is 25.0 Å². The number of pyridine rings is 1. The highest BCUT2D eigenvalue weighted by atomic mass is 16.1. The van der Waals surface area contributed by atoms with E-state index >= 15 is 0 Å². The second-order valence-corrected chi connectivity index (χ2v) is 4.56. The van der Waals surface area contributed by atoms with Crippen LogP contribution in [0.25, 0.3) is 0 Å². The molecule has 0 aliphatic rings. The predicted molar refractivity (Wildman–Crippen MR) is 77.7 cm³/mol. The zero-order valence-electron chi connectivity index (χ0n) is 11.3. The number of aromatic nitrogens is 1. The van der Waals surface area contributed by atoms with Crippen LogP contribution in [0.5, 0.6) is 0 Å². The van der Waals surface area contributed by atoms with E-state index in [0.717, 1.165) is 17.1 Å². The smallest absolute Gasteiger partial charge is 0.274 e. The van der Waals surface area contributed by atoms with Crippen LogP contribution < -0.4 is 10.2 Å². The summed E-state index contributed by atoms with van der Waals surface area (Å²) >= 11 is 0. The second-order valence-electron chi connectivity index (χ2n) is 4.56. The Morgan fingerprint density at radius 2 is 1.89 bits per heavy atom. The van der Waals surface area contributed by atoms with Gasteiger partial charge in [0.15, 0.2) is 0 Å². The fraction of sp³-hybridized carbons (Fsp3) is 0.200. The molecule has 1 N–H and O–H groups in total. The average Bonchev–Trinajstić information content (AvgIpc) is 2.39. The molecular formula is C15H17N3O. The van der Waals surface area contributed by atoms with E-state index in [9.17, 15) is 4.79 Å². The van der Waals surface area contributed by atoms with E-state index in [1.54, 1.807) is 6.07 Å². The summed E-state index contributed by atoms with van der Waals surface area (Å²) in [4.78, 5) is 18.3. The Hall–Kier alpha value is -2.36. The van der Waals surface area contributed by atoms with Crippen LogP contribution in [0.2, 0.25) is 0 Å². The predicted octanol–water partition coefficient (Wildman–Crippen LogP) is 2.71. The number of hydrogen-bond acceptors (Lipinski definition) is 3. The van der Waals surface area contributed by atoms with Crippen LogP contribution >= 0.6 is 0 Å². The molecular weight excluding hydrogens is 238 g/mol. The summed E-state index contributed by atoms with van der Waals surface area (Å²) in [6.07, 6.45) is 0. The number of hydrogen-bond donors (Lipinski definition) is 1. The molecule has 0 unspecified atom stereocenters. The number of carbonyl (C=O) groups is 1. The normalized spacial score (nSPS) is 10.1. The molecule has 0 spiro atoms. The van der Waals surface area contributed by atoms with Gasteiger partial charge in [0.05, 0.1) is 0 Å². The van der Waals surface area contributed by atoms with E-state index in [-0.39, 0.29) is 5.91 Å². The molecule has 0 aliphatic carbocycles. The van der Waals surface area contributed by atoms with Crippen molar-refractivity contribution in [1.29, 1.82) is 0 Å². The molecule has 1 amide bonds. The van der Waals surface area contributed by atoms with Crippen molar-refractivity contribution in [3.05, 3.63) is 53.9 Å². The number of carbonyl (C=O) groups excluding carboxylic acids is 1. The maximum Gasteiger partial charge on any atom is 0.274 e. The molecule has 0 atom stereocenters. The van der Waals surface area contributed by atoms with Crippen molar-refractivity contribution in [2.24, 2.45) is 0 Å². The van der Waals surface area contributed by atoms with Crippen LogP contribution in [0.1, 0.15) is 16.2 Å². The zero-order chi connectivity index (χ0) is 13.8. The van der Waals surface area contributed by atoms with Gasteiger partial charge in [-0.05, 0) is 37.3 Å². The number of benzene rings is 1. The molecule has 0 aliphatic heterocycles. The summed E-state index contributed by atoms with van der Waals surface area (Å²) in [5, 5.41) is 2.85. The Kier molecular flexibility index (Phi) is 3.80. The minimum atomic E-state index is -0.195. The van der Waals surface area contributed by atoms with Gasteiger partial charge in [0, 0.05) is 31.2 Å². The number of nitrogens with one attached hydrogen (secondary N) is 1. The quantitative estimate of drug-likeness (QED) is 0.917. The molecule has 0 radical (unpaired) electrons. The molecule has 2 rings (SSSR count). The Bertz CT molecular complexity index is 593. The first-order valence-corrected chi connectivity index (χ1v) is 6.08. The SMILES string of the molecule is Cc1cccc(C(=O)Nc2cccc(N(C)C)c2)n1. The molecule has 1 aromatic carbocycles. The van der Waals surface area contributed by atoms with E-state index in [1.807, 2.05) is 62.3 Å². The lowest BCUT2D eigenvalue weighted by Gasteiger charge is -2.14. The van der Waals surface area contributed by atoms with E-state index in [2.05, 4.69) is 10.3 Å². The summed E-state index contributed by atoms with van der Waals surface area (Å²) in [5.74, 6) is -0.195. The Morgan fingerprint density at radius 3 is 2.58 bits per heavy atom. The van der Waals surface area contributed by atoms with E-state index in [0.29, 0.717) is 5.69 Å². The van der Waals surface area contributed by atoms with Crippen LogP contribution in [0.15, 0.2) is 42.5 Å². The number of aryl methyl sites for hydroxylation is 1. The summed E-state index contributed by atoms with van der Waals surface area (Å²) in [6, 6.07) is 13.1. The van der Waals surface area contributed by atoms with Gasteiger partial charge in [0.25, 0.3) is 5.91 Å². The Labute approximate surface area is 113 Å². The monoisotopic (exact) mass is 255 g/mol. The van der Waals surface area contributed by atoms with Gasteiger partial charge in [-0.2, -0.15) is 0 Å². The van der Waals surface area contributed by atoms with Crippen molar-refractivity contribution in [2.45, 2.75) is 6.92 Å². The highest BCUT2D eigenvalue weighted by Gasteiger charge is 2.08. The molecule has 0 saturated heterocycles. The average molecular weight is 255 g/mol. The summed E-state index contributed by atoms with van der Waals surface area (Å²) in [7, 11) is 3.92. The lowest BCUT2D eigenvalue weighted by atomic mass is 10.2. The third-order valence-corrected chi connectivity index (χ3v) is 2.74. The van der Waals surface area contributed by atoms with Gasteiger partial charge in [-0.25, -0.2) is 4.98 Å². The number of anilines is 2. The van der Waals surface area contributed by atoms with Gasteiger partial charge in [0.1, 0.15) is 5.69 Å². The molecule has 0 bridgehead atoms. The molecule has 2 aromatic rings. The standard InChI is InChI=1S/C15H17N3O/c1-11-6-4-9-14(16-11)15(19)17-12-7-5-8-13(10-12)18(2)3/h4-10H,1-3H3,(H,17,19). The maximum atomic E-state index is 12.1. The molecule has 98 valence electrons. The molecule has 4 nitrogen and oxygen atoms in total. The van der Waals surface area contributed by atoms with Gasteiger partial charge in [-0.1, -0.05) is 12.1 Å². The first-order chi connectivity index (χ1) is 9.06. The lowest BCUT2D eigenvalue weighted by Crippen LogP contribution is -2.15. The van der Waals surface area contributed by atoms with Crippen molar-refractivity contribution in [3.63, 3.8) is 0 Å². The molecule has 0 saturated carbocycles. The third-order valence-electron chi connectivity index (χ3n) is 2.74. The van der Waals surface area contributed by atoms with Gasteiger partial charge in [-0.15, -0.1) is 0 Å². The first kappa shape index (κ1) is 13.1. The number of nitrogens with zero attached hydrogens (tertiary/aromatic N) is 2. The van der Waals surface area contributed by atoms with Gasteiger partial charge in [0.2, 0.25) is 0 Å². The topological polar surface area (TPSA) is 45.2 Å². The molecule has 1 aromatic heterocycles. The van der Waals surface area contributed by atoms with Gasteiger partial charge >= 0.3 is 0 Å². The van der Waals surface area contributed by atoms with Crippen molar-refractivity contribution in [1.82, 2.24) is 4.98 Å². The summed E-state index contributed by atoms with van der Waals surface area (Å²) in [5.41, 5.74) is 3.06. The van der Waals surface area contributed by atoms with Crippen LogP contribution in [0.4, 0.5) is 11.4 Å². The Balaban J connectivity index is 2.17. The van der Waals surface area contributed by atoms with Crippen LogP contribution in [-0.2, 0) is 0 Å². The maximum absolute atomic E-state index is 12.1. The fourth-order valence-corrected chi connectivity index (χ4v) is 1.73. The molecule has 1 heterocycles. The minimum Gasteiger partial charge on any atom is -0.378 e. The minimum absolute atomic E-state index is 0.195. The van der Waals surface area contributed by atoms with Crippen molar-refractivity contribution in [3.8, 4) is 0 Å². The third kappa shape index (κ3) is 3.31. The highest BCUT2D eigenvalue weighted by molar-refractivity contribution is 6.03. The van der Waals surface area contributed by atoms with E-state index < -0.39 is 0 Å². The molecule has 0 fully saturated rings. The Morgan fingerprint density at radius 1 is 1.16 bits per heavy atom. The first-order valence-electron chi connectivity index (χ1n) is 6.08. The number of amides is 1. The molecule has 4 heteroatoms. The van der Waals surface area contributed by atoms with Crippen molar-refractivity contribution in [2.75, 3.05) is 24.3 Å².